The SMILES string of the molecule is O=C(N1CC(Oc2ccccc2)C1)N1N=CC[C@@H]1c1cccnc1. The Labute approximate surface area is 140 Å². The van der Waals surface area contributed by atoms with Crippen LogP contribution >= 0.6 is 0 Å². The van der Waals surface area contributed by atoms with Crippen LogP contribution in [0.1, 0.15) is 18.0 Å². The molecule has 2 aliphatic rings. The van der Waals surface area contributed by atoms with E-state index >= 15 is 0 Å². The number of amides is 2. The molecular weight excluding hydrogens is 304 g/mol. The summed E-state index contributed by atoms with van der Waals surface area (Å²) >= 11 is 0. The number of carbonyl (C=O) groups is 1. The minimum Gasteiger partial charge on any atom is -0.487 e. The number of benzene rings is 1. The summed E-state index contributed by atoms with van der Waals surface area (Å²) in [5.74, 6) is 0.835. The van der Waals surface area contributed by atoms with Gasteiger partial charge in [0.2, 0.25) is 0 Å². The van der Waals surface area contributed by atoms with Crippen molar-refractivity contribution in [2.24, 2.45) is 5.10 Å². The third-order valence-electron chi connectivity index (χ3n) is 4.26. The average molecular weight is 322 g/mol. The molecule has 122 valence electrons. The van der Waals surface area contributed by atoms with Crippen molar-refractivity contribution in [3.63, 3.8) is 0 Å². The summed E-state index contributed by atoms with van der Waals surface area (Å²) < 4.78 is 5.84. The number of hydrogen-bond donors (Lipinski definition) is 0. The Bertz CT molecular complexity index is 729. The summed E-state index contributed by atoms with van der Waals surface area (Å²) in [6.07, 6.45) is 6.06. The average Bonchev–Trinajstić information content (AvgIpc) is 3.09. The molecule has 2 aliphatic heterocycles. The van der Waals surface area contributed by atoms with Crippen molar-refractivity contribution in [3.8, 4) is 5.75 Å². The van der Waals surface area contributed by atoms with Crippen molar-refractivity contribution in [2.75, 3.05) is 13.1 Å². The lowest BCUT2D eigenvalue weighted by atomic mass is 10.1. The van der Waals surface area contributed by atoms with Crippen LogP contribution in [-0.4, -0.2) is 46.3 Å². The van der Waals surface area contributed by atoms with Crippen LogP contribution in [0, 0.1) is 0 Å². The number of hydrogen-bond acceptors (Lipinski definition) is 4. The number of likely N-dealkylation sites (tertiary alicyclic amines) is 1. The van der Waals surface area contributed by atoms with E-state index in [4.69, 9.17) is 4.74 Å². The molecule has 1 atom stereocenters. The van der Waals surface area contributed by atoms with Crippen molar-refractivity contribution in [1.82, 2.24) is 14.9 Å². The second-order valence-corrected chi connectivity index (χ2v) is 5.92. The lowest BCUT2D eigenvalue weighted by Crippen LogP contribution is -2.58. The van der Waals surface area contributed by atoms with Gasteiger partial charge in [0.25, 0.3) is 0 Å². The lowest BCUT2D eigenvalue weighted by molar-refractivity contribution is 0.0277. The maximum atomic E-state index is 12.7. The van der Waals surface area contributed by atoms with E-state index in [1.54, 1.807) is 28.5 Å². The number of urea groups is 1. The first-order chi connectivity index (χ1) is 11.8. The standard InChI is InChI=1S/C18H18N4O2/c23-18(21-12-16(13-21)24-15-6-2-1-3-7-15)22-17(8-10-20-22)14-5-4-9-19-11-14/h1-7,9-11,16-17H,8,12-13H2/t17-/m1/s1. The topological polar surface area (TPSA) is 58.0 Å². The zero-order valence-electron chi connectivity index (χ0n) is 13.2. The number of aromatic nitrogens is 1. The summed E-state index contributed by atoms with van der Waals surface area (Å²) in [6.45, 7) is 1.17. The highest BCUT2D eigenvalue weighted by atomic mass is 16.5. The largest absolute Gasteiger partial charge is 0.487 e. The van der Waals surface area contributed by atoms with Crippen LogP contribution in [0.4, 0.5) is 4.79 Å². The fourth-order valence-electron chi connectivity index (χ4n) is 2.95. The molecule has 2 aromatic rings. The number of nitrogens with zero attached hydrogens (tertiary/aromatic N) is 4. The summed E-state index contributed by atoms with van der Waals surface area (Å²) in [5.41, 5.74) is 1.00. The number of carbonyl (C=O) groups excluding carboxylic acids is 1. The van der Waals surface area contributed by atoms with Gasteiger partial charge in [-0.3, -0.25) is 4.98 Å². The molecule has 0 spiro atoms. The second-order valence-electron chi connectivity index (χ2n) is 5.92. The number of rotatable bonds is 3. The van der Waals surface area contributed by atoms with E-state index in [-0.39, 0.29) is 18.2 Å². The van der Waals surface area contributed by atoms with Crippen molar-refractivity contribution in [1.29, 1.82) is 0 Å². The Balaban J connectivity index is 1.36. The van der Waals surface area contributed by atoms with Crippen molar-refractivity contribution in [3.05, 3.63) is 60.4 Å². The molecule has 4 rings (SSSR count). The van der Waals surface area contributed by atoms with Crippen LogP contribution < -0.4 is 4.74 Å². The van der Waals surface area contributed by atoms with Crippen LogP contribution in [-0.2, 0) is 0 Å². The van der Waals surface area contributed by atoms with E-state index in [0.717, 1.165) is 17.7 Å². The van der Waals surface area contributed by atoms with Gasteiger partial charge in [-0.1, -0.05) is 24.3 Å². The smallest absolute Gasteiger partial charge is 0.341 e. The molecule has 1 aromatic heterocycles. The van der Waals surface area contributed by atoms with E-state index in [1.807, 2.05) is 42.5 Å². The van der Waals surface area contributed by atoms with Gasteiger partial charge in [0, 0.05) is 25.0 Å². The van der Waals surface area contributed by atoms with Crippen molar-refractivity contribution >= 4 is 12.2 Å². The summed E-state index contributed by atoms with van der Waals surface area (Å²) in [4.78, 5) is 18.6. The maximum absolute atomic E-state index is 12.7. The Kier molecular flexibility index (Phi) is 3.86. The first-order valence-corrected chi connectivity index (χ1v) is 8.03. The molecule has 2 amide bonds. The van der Waals surface area contributed by atoms with Gasteiger partial charge in [-0.2, -0.15) is 5.10 Å². The first-order valence-electron chi connectivity index (χ1n) is 8.03. The molecule has 24 heavy (non-hydrogen) atoms. The zero-order valence-corrected chi connectivity index (χ0v) is 13.2. The predicted octanol–water partition coefficient (Wildman–Crippen LogP) is 2.70. The summed E-state index contributed by atoms with van der Waals surface area (Å²) in [5, 5.41) is 5.81. The summed E-state index contributed by atoms with van der Waals surface area (Å²) in [7, 11) is 0. The van der Waals surface area contributed by atoms with E-state index in [2.05, 4.69) is 10.1 Å². The molecule has 0 saturated carbocycles. The maximum Gasteiger partial charge on any atom is 0.341 e. The molecule has 6 nitrogen and oxygen atoms in total. The van der Waals surface area contributed by atoms with Crippen LogP contribution in [0.15, 0.2) is 60.0 Å². The van der Waals surface area contributed by atoms with Gasteiger partial charge in [0.1, 0.15) is 11.9 Å². The highest BCUT2D eigenvalue weighted by Crippen LogP contribution is 2.30. The van der Waals surface area contributed by atoms with Crippen LogP contribution in [0.3, 0.4) is 0 Å². The van der Waals surface area contributed by atoms with Gasteiger partial charge < -0.3 is 9.64 Å². The monoisotopic (exact) mass is 322 g/mol. The molecule has 1 aromatic carbocycles. The van der Waals surface area contributed by atoms with Gasteiger partial charge in [-0.15, -0.1) is 0 Å². The van der Waals surface area contributed by atoms with E-state index in [9.17, 15) is 4.79 Å². The van der Waals surface area contributed by atoms with Gasteiger partial charge in [0.15, 0.2) is 0 Å². The van der Waals surface area contributed by atoms with Crippen molar-refractivity contribution in [2.45, 2.75) is 18.6 Å². The molecule has 3 heterocycles. The van der Waals surface area contributed by atoms with Gasteiger partial charge in [-0.05, 0) is 23.8 Å². The molecule has 0 radical (unpaired) electrons. The van der Waals surface area contributed by atoms with Crippen molar-refractivity contribution < 1.29 is 9.53 Å². The normalized spacial score (nSPS) is 20.1. The molecule has 0 bridgehead atoms. The van der Waals surface area contributed by atoms with Gasteiger partial charge >= 0.3 is 6.03 Å². The molecule has 0 unspecified atom stereocenters. The van der Waals surface area contributed by atoms with Crippen LogP contribution in [0.25, 0.3) is 0 Å². The Morgan fingerprint density at radius 2 is 1.96 bits per heavy atom. The Hall–Kier alpha value is -2.89. The van der Waals surface area contributed by atoms with E-state index in [1.165, 1.54) is 0 Å². The number of hydrazone groups is 1. The first kappa shape index (κ1) is 14.7. The molecule has 6 heteroatoms. The quantitative estimate of drug-likeness (QED) is 0.873. The second kappa shape index (κ2) is 6.31. The molecule has 1 fully saturated rings. The van der Waals surface area contributed by atoms with E-state index in [0.29, 0.717) is 13.1 Å². The van der Waals surface area contributed by atoms with Gasteiger partial charge in [0.05, 0.1) is 19.1 Å². The minimum absolute atomic E-state index is 0.0415. The zero-order chi connectivity index (χ0) is 16.4. The number of para-hydroxylation sites is 1. The fraction of sp³-hybridized carbons (Fsp3) is 0.278. The molecule has 0 aliphatic carbocycles. The number of pyridine rings is 1. The fourth-order valence-corrected chi connectivity index (χ4v) is 2.95. The predicted molar refractivity (Wildman–Crippen MR) is 89.8 cm³/mol. The van der Waals surface area contributed by atoms with Crippen LogP contribution in [0.2, 0.25) is 0 Å². The molecular formula is C18H18N4O2. The Morgan fingerprint density at radius 3 is 2.71 bits per heavy atom. The highest BCUT2D eigenvalue weighted by molar-refractivity contribution is 5.79. The van der Waals surface area contributed by atoms with Gasteiger partial charge in [-0.25, -0.2) is 9.80 Å². The lowest BCUT2D eigenvalue weighted by Gasteiger charge is -2.40. The Morgan fingerprint density at radius 1 is 1.12 bits per heavy atom. The number of ether oxygens (including phenoxy) is 1. The summed E-state index contributed by atoms with van der Waals surface area (Å²) in [6, 6.07) is 13.4. The molecule has 0 N–H and O–H groups in total. The van der Waals surface area contributed by atoms with E-state index < -0.39 is 0 Å². The third kappa shape index (κ3) is 2.82. The third-order valence-corrected chi connectivity index (χ3v) is 4.26. The molecule has 1 saturated heterocycles. The minimum atomic E-state index is -0.0782. The highest BCUT2D eigenvalue weighted by Gasteiger charge is 2.38. The van der Waals surface area contributed by atoms with Crippen LogP contribution in [0.5, 0.6) is 5.75 Å².